The predicted molar refractivity (Wildman–Crippen MR) is 77.2 cm³/mol. The van der Waals surface area contributed by atoms with E-state index >= 15 is 0 Å². The lowest BCUT2D eigenvalue weighted by molar-refractivity contribution is -0.122. The van der Waals surface area contributed by atoms with Gasteiger partial charge in [0.1, 0.15) is 22.0 Å². The number of nitrogens with two attached hydrogens (primary N) is 1. The molecule has 1 amide bonds. The summed E-state index contributed by atoms with van der Waals surface area (Å²) < 4.78 is 34.9. The van der Waals surface area contributed by atoms with Crippen LogP contribution < -0.4 is 11.1 Å². The molecular weight excluding hydrogens is 314 g/mol. The average Bonchev–Trinajstić information content (AvgIpc) is 2.95. The number of aromatic nitrogens is 2. The number of sulfonamides is 1. The number of carbonyl (C=O) groups is 1. The van der Waals surface area contributed by atoms with Gasteiger partial charge in [-0.2, -0.15) is 13.1 Å². The molecule has 8 nitrogen and oxygen atoms in total. The van der Waals surface area contributed by atoms with Gasteiger partial charge in [0.25, 0.3) is 0 Å². The lowest BCUT2D eigenvalue weighted by Crippen LogP contribution is -2.58. The maximum Gasteiger partial charge on any atom is 0.246 e. The zero-order valence-electron chi connectivity index (χ0n) is 10.9. The third kappa shape index (κ3) is 2.39. The van der Waals surface area contributed by atoms with Crippen molar-refractivity contribution in [2.24, 2.45) is 5.73 Å². The van der Waals surface area contributed by atoms with Gasteiger partial charge in [0.2, 0.25) is 15.9 Å². The van der Waals surface area contributed by atoms with Crippen LogP contribution in [-0.4, -0.2) is 53.1 Å². The summed E-state index contributed by atoms with van der Waals surface area (Å²) in [6.45, 7) is 0.859. The molecule has 0 spiro atoms. The first kappa shape index (κ1) is 14.3. The number of piperazine rings is 1. The summed E-state index contributed by atoms with van der Waals surface area (Å²) in [6, 6.07) is 3.88. The molecule has 112 valence electrons. The molecule has 0 saturated carbocycles. The van der Waals surface area contributed by atoms with Gasteiger partial charge in [-0.1, -0.05) is 6.07 Å². The van der Waals surface area contributed by atoms with Gasteiger partial charge < -0.3 is 11.1 Å². The zero-order chi connectivity index (χ0) is 15.0. The predicted octanol–water partition coefficient (Wildman–Crippen LogP) is -0.861. The molecule has 21 heavy (non-hydrogen) atoms. The summed E-state index contributed by atoms with van der Waals surface area (Å²) in [5.41, 5.74) is 6.16. The van der Waals surface area contributed by atoms with Crippen LogP contribution in [0.1, 0.15) is 0 Å². The normalized spacial score (nSPS) is 20.7. The van der Waals surface area contributed by atoms with Crippen LogP contribution in [0.25, 0.3) is 11.0 Å². The van der Waals surface area contributed by atoms with E-state index in [-0.39, 0.29) is 18.0 Å². The third-order valence-corrected chi connectivity index (χ3v) is 5.84. The van der Waals surface area contributed by atoms with Crippen molar-refractivity contribution < 1.29 is 13.2 Å². The van der Waals surface area contributed by atoms with Crippen LogP contribution in [0.4, 0.5) is 0 Å². The molecule has 2 heterocycles. The van der Waals surface area contributed by atoms with E-state index in [1.54, 1.807) is 12.1 Å². The highest BCUT2D eigenvalue weighted by Gasteiger charge is 2.37. The molecule has 1 aliphatic heterocycles. The van der Waals surface area contributed by atoms with Crippen LogP contribution in [0.3, 0.4) is 0 Å². The molecule has 1 saturated heterocycles. The molecule has 1 aromatic carbocycles. The van der Waals surface area contributed by atoms with Crippen molar-refractivity contribution in [2.75, 3.05) is 19.6 Å². The van der Waals surface area contributed by atoms with Gasteiger partial charge in [-0.05, 0) is 12.1 Å². The molecule has 0 radical (unpaired) electrons. The Morgan fingerprint density at radius 1 is 1.43 bits per heavy atom. The van der Waals surface area contributed by atoms with Crippen molar-refractivity contribution in [3.63, 3.8) is 0 Å². The number of primary amides is 1. The molecule has 3 N–H and O–H groups in total. The van der Waals surface area contributed by atoms with Crippen LogP contribution in [0, 0.1) is 0 Å². The number of fused-ring (bicyclic) bond motifs is 1. The first-order chi connectivity index (χ1) is 10.0. The number of nitrogens with zero attached hydrogens (tertiary/aromatic N) is 3. The third-order valence-electron chi connectivity index (χ3n) is 3.36. The van der Waals surface area contributed by atoms with Gasteiger partial charge in [0, 0.05) is 19.6 Å². The molecule has 1 aliphatic rings. The van der Waals surface area contributed by atoms with Crippen molar-refractivity contribution in [1.82, 2.24) is 18.4 Å². The van der Waals surface area contributed by atoms with Crippen LogP contribution >= 0.6 is 11.7 Å². The maximum absolute atomic E-state index is 12.8. The summed E-state index contributed by atoms with van der Waals surface area (Å²) in [4.78, 5) is 11.6. The average molecular weight is 327 g/mol. The summed E-state index contributed by atoms with van der Waals surface area (Å²) in [5.74, 6) is -0.672. The van der Waals surface area contributed by atoms with Crippen LogP contribution in [-0.2, 0) is 14.8 Å². The first-order valence-electron chi connectivity index (χ1n) is 6.25. The van der Waals surface area contributed by atoms with Gasteiger partial charge in [0.05, 0.1) is 11.7 Å². The molecule has 2 aromatic rings. The Labute approximate surface area is 125 Å². The fraction of sp³-hybridized carbons (Fsp3) is 0.364. The summed E-state index contributed by atoms with van der Waals surface area (Å²) in [7, 11) is -3.86. The zero-order valence-corrected chi connectivity index (χ0v) is 12.5. The van der Waals surface area contributed by atoms with Gasteiger partial charge in [-0.3, -0.25) is 4.79 Å². The Morgan fingerprint density at radius 2 is 2.24 bits per heavy atom. The second kappa shape index (κ2) is 5.30. The SMILES string of the molecule is NC(=O)C1CNCCN1S(=O)(=O)c1cccc2nsnc12. The monoisotopic (exact) mass is 327 g/mol. The fourth-order valence-corrected chi connectivity index (χ4v) is 4.68. The van der Waals surface area contributed by atoms with Crippen LogP contribution in [0.2, 0.25) is 0 Å². The van der Waals surface area contributed by atoms with E-state index in [0.717, 1.165) is 16.0 Å². The first-order valence-corrected chi connectivity index (χ1v) is 8.42. The van der Waals surface area contributed by atoms with Crippen molar-refractivity contribution in [1.29, 1.82) is 0 Å². The van der Waals surface area contributed by atoms with Crippen molar-refractivity contribution >= 4 is 38.7 Å². The molecule has 1 unspecified atom stereocenters. The van der Waals surface area contributed by atoms with E-state index in [0.29, 0.717) is 17.6 Å². The maximum atomic E-state index is 12.8. The Kier molecular flexibility index (Phi) is 3.61. The largest absolute Gasteiger partial charge is 0.368 e. The minimum absolute atomic E-state index is 0.0573. The van der Waals surface area contributed by atoms with Crippen molar-refractivity contribution in [2.45, 2.75) is 10.9 Å². The quantitative estimate of drug-likeness (QED) is 0.757. The fourth-order valence-electron chi connectivity index (χ4n) is 2.33. The second-order valence-electron chi connectivity index (χ2n) is 4.63. The van der Waals surface area contributed by atoms with Gasteiger partial charge in [0.15, 0.2) is 0 Å². The van der Waals surface area contributed by atoms with E-state index < -0.39 is 22.0 Å². The number of carbonyl (C=O) groups excluding carboxylic acids is 1. The minimum Gasteiger partial charge on any atom is -0.368 e. The smallest absolute Gasteiger partial charge is 0.246 e. The standard InChI is InChI=1S/C11H13N5O3S2/c12-11(17)8-6-13-4-5-16(8)21(18,19)9-3-1-2-7-10(9)15-20-14-7/h1-3,8,13H,4-6H2,(H2,12,17). The Hall–Kier alpha value is -1.62. The number of amides is 1. The molecule has 3 rings (SSSR count). The molecule has 1 fully saturated rings. The van der Waals surface area contributed by atoms with Crippen molar-refractivity contribution in [3.8, 4) is 0 Å². The van der Waals surface area contributed by atoms with E-state index in [9.17, 15) is 13.2 Å². The molecule has 10 heteroatoms. The highest BCUT2D eigenvalue weighted by atomic mass is 32.2. The highest BCUT2D eigenvalue weighted by Crippen LogP contribution is 2.26. The number of benzene rings is 1. The van der Waals surface area contributed by atoms with Gasteiger partial charge >= 0.3 is 0 Å². The van der Waals surface area contributed by atoms with E-state index in [4.69, 9.17) is 5.73 Å². The van der Waals surface area contributed by atoms with E-state index in [1.165, 1.54) is 6.07 Å². The second-order valence-corrected chi connectivity index (χ2v) is 7.01. The topological polar surface area (TPSA) is 118 Å². The highest BCUT2D eigenvalue weighted by molar-refractivity contribution is 7.89. The van der Waals surface area contributed by atoms with E-state index in [2.05, 4.69) is 14.1 Å². The summed E-state index contributed by atoms with van der Waals surface area (Å²) in [6.07, 6.45) is 0. The lowest BCUT2D eigenvalue weighted by Gasteiger charge is -2.33. The molecule has 1 atom stereocenters. The molecule has 1 aromatic heterocycles. The van der Waals surface area contributed by atoms with Gasteiger partial charge in [-0.15, -0.1) is 0 Å². The molecule has 0 aliphatic carbocycles. The number of nitrogens with one attached hydrogen (secondary N) is 1. The van der Waals surface area contributed by atoms with Gasteiger partial charge in [-0.25, -0.2) is 8.42 Å². The number of hydrogen-bond acceptors (Lipinski definition) is 7. The van der Waals surface area contributed by atoms with Crippen LogP contribution in [0.15, 0.2) is 23.1 Å². The minimum atomic E-state index is -3.86. The molecule has 0 bridgehead atoms. The van der Waals surface area contributed by atoms with Crippen molar-refractivity contribution in [3.05, 3.63) is 18.2 Å². The molecular formula is C11H13N5O3S2. The number of hydrogen-bond donors (Lipinski definition) is 2. The Bertz CT molecular complexity index is 788. The number of rotatable bonds is 3. The van der Waals surface area contributed by atoms with E-state index in [1.807, 2.05) is 0 Å². The Balaban J connectivity index is 2.11. The lowest BCUT2D eigenvalue weighted by atomic mass is 10.2. The van der Waals surface area contributed by atoms with Crippen LogP contribution in [0.5, 0.6) is 0 Å². The summed E-state index contributed by atoms with van der Waals surface area (Å²) >= 11 is 0.950. The summed E-state index contributed by atoms with van der Waals surface area (Å²) in [5, 5.41) is 2.97. The Morgan fingerprint density at radius 3 is 3.00 bits per heavy atom.